The molecule has 0 aliphatic carbocycles. The van der Waals surface area contributed by atoms with Gasteiger partial charge in [0.1, 0.15) is 10.8 Å². The molecular formula is C10H9FN4OS. The fourth-order valence-electron chi connectivity index (χ4n) is 1.31. The van der Waals surface area contributed by atoms with Crippen LogP contribution in [0.25, 0.3) is 0 Å². The van der Waals surface area contributed by atoms with Gasteiger partial charge >= 0.3 is 0 Å². The highest BCUT2D eigenvalue weighted by Gasteiger charge is 2.19. The second-order valence-electron chi connectivity index (χ2n) is 3.33. The van der Waals surface area contributed by atoms with Gasteiger partial charge in [-0.2, -0.15) is 0 Å². The van der Waals surface area contributed by atoms with E-state index in [0.29, 0.717) is 5.69 Å². The Kier molecular flexibility index (Phi) is 3.01. The van der Waals surface area contributed by atoms with Gasteiger partial charge in [0.15, 0.2) is 5.69 Å². The molecule has 0 aliphatic heterocycles. The van der Waals surface area contributed by atoms with Crippen molar-refractivity contribution in [1.82, 2.24) is 9.59 Å². The predicted octanol–water partition coefficient (Wildman–Crippen LogP) is 1.54. The van der Waals surface area contributed by atoms with Gasteiger partial charge in [0.05, 0.1) is 0 Å². The summed E-state index contributed by atoms with van der Waals surface area (Å²) >= 11 is 0.944. The molecule has 1 aromatic heterocycles. The molecule has 7 heteroatoms. The maximum absolute atomic E-state index is 13.0. The summed E-state index contributed by atoms with van der Waals surface area (Å²) in [7, 11) is 1.52. The Morgan fingerprint density at radius 1 is 1.53 bits per heavy atom. The van der Waals surface area contributed by atoms with E-state index >= 15 is 0 Å². The summed E-state index contributed by atoms with van der Waals surface area (Å²) in [6.45, 7) is 0. The van der Waals surface area contributed by atoms with Crippen LogP contribution in [0.4, 0.5) is 15.1 Å². The van der Waals surface area contributed by atoms with Gasteiger partial charge in [-0.1, -0.05) is 10.6 Å². The minimum Gasteiger partial charge on any atom is -0.387 e. The fourth-order valence-corrected chi connectivity index (χ4v) is 1.73. The molecule has 0 saturated heterocycles. The summed E-state index contributed by atoms with van der Waals surface area (Å²) in [4.78, 5) is 13.2. The maximum atomic E-state index is 13.0. The molecule has 0 fully saturated rings. The van der Waals surface area contributed by atoms with E-state index in [-0.39, 0.29) is 10.7 Å². The Morgan fingerprint density at radius 3 is 2.88 bits per heavy atom. The summed E-state index contributed by atoms with van der Waals surface area (Å²) in [5.74, 6) is -0.826. The summed E-state index contributed by atoms with van der Waals surface area (Å²) in [5, 5.41) is 3.89. The van der Waals surface area contributed by atoms with Crippen LogP contribution in [-0.4, -0.2) is 22.5 Å². The third-order valence-electron chi connectivity index (χ3n) is 2.22. The van der Waals surface area contributed by atoms with Gasteiger partial charge in [-0.25, -0.2) is 4.39 Å². The Bertz CT molecular complexity index is 557. The molecule has 0 atom stereocenters. The first-order valence-electron chi connectivity index (χ1n) is 4.71. The lowest BCUT2D eigenvalue weighted by molar-refractivity contribution is 0.0989. The third-order valence-corrected chi connectivity index (χ3v) is 2.77. The first-order valence-corrected chi connectivity index (χ1v) is 5.48. The van der Waals surface area contributed by atoms with Crippen LogP contribution in [0.15, 0.2) is 24.3 Å². The largest absolute Gasteiger partial charge is 0.387 e. The van der Waals surface area contributed by atoms with Crippen molar-refractivity contribution in [2.24, 2.45) is 0 Å². The van der Waals surface area contributed by atoms with Crippen molar-refractivity contribution >= 4 is 28.1 Å². The monoisotopic (exact) mass is 252 g/mol. The molecular weight excluding hydrogens is 243 g/mol. The second-order valence-corrected chi connectivity index (χ2v) is 4.12. The average molecular weight is 252 g/mol. The normalized spacial score (nSPS) is 10.2. The maximum Gasteiger partial charge on any atom is 0.281 e. The average Bonchev–Trinajstić information content (AvgIpc) is 2.73. The molecule has 1 aromatic carbocycles. The van der Waals surface area contributed by atoms with Gasteiger partial charge in [-0.15, -0.1) is 5.10 Å². The van der Waals surface area contributed by atoms with Crippen LogP contribution in [0.5, 0.6) is 0 Å². The van der Waals surface area contributed by atoms with Crippen LogP contribution in [0.3, 0.4) is 0 Å². The third kappa shape index (κ3) is 2.23. The molecule has 88 valence electrons. The van der Waals surface area contributed by atoms with E-state index in [1.807, 2.05) is 0 Å². The van der Waals surface area contributed by atoms with Crippen molar-refractivity contribution in [3.63, 3.8) is 0 Å². The zero-order chi connectivity index (χ0) is 12.4. The van der Waals surface area contributed by atoms with Crippen molar-refractivity contribution in [1.29, 1.82) is 0 Å². The van der Waals surface area contributed by atoms with Gasteiger partial charge in [-0.05, 0) is 18.2 Å². The topological polar surface area (TPSA) is 72.1 Å². The Morgan fingerprint density at radius 2 is 2.29 bits per heavy atom. The van der Waals surface area contributed by atoms with Crippen molar-refractivity contribution in [2.45, 2.75) is 0 Å². The number of halogens is 1. The number of carbonyl (C=O) groups is 1. The van der Waals surface area contributed by atoms with Crippen LogP contribution >= 0.6 is 11.5 Å². The molecule has 1 heterocycles. The smallest absolute Gasteiger partial charge is 0.281 e. The first kappa shape index (κ1) is 11.5. The van der Waals surface area contributed by atoms with E-state index in [9.17, 15) is 9.18 Å². The summed E-state index contributed by atoms with van der Waals surface area (Å²) in [6.07, 6.45) is 0. The number of benzene rings is 1. The van der Waals surface area contributed by atoms with Crippen LogP contribution < -0.4 is 10.6 Å². The molecule has 0 spiro atoms. The van der Waals surface area contributed by atoms with Crippen molar-refractivity contribution in [3.05, 3.63) is 35.8 Å². The molecule has 0 bridgehead atoms. The number of carbonyl (C=O) groups excluding carboxylic acids is 1. The molecule has 5 nitrogen and oxygen atoms in total. The van der Waals surface area contributed by atoms with Crippen molar-refractivity contribution in [3.8, 4) is 0 Å². The zero-order valence-corrected chi connectivity index (χ0v) is 9.74. The minimum absolute atomic E-state index is 0.0850. The minimum atomic E-state index is -0.415. The van der Waals surface area contributed by atoms with E-state index in [4.69, 9.17) is 5.73 Å². The molecule has 2 rings (SSSR count). The molecule has 0 radical (unpaired) electrons. The first-order chi connectivity index (χ1) is 8.09. The number of nitrogen functional groups attached to an aromatic ring is 1. The highest BCUT2D eigenvalue weighted by atomic mass is 32.1. The van der Waals surface area contributed by atoms with Gasteiger partial charge in [0.2, 0.25) is 0 Å². The molecule has 1 amide bonds. The van der Waals surface area contributed by atoms with E-state index in [2.05, 4.69) is 9.59 Å². The standard InChI is InChI=1S/C10H9FN4OS/c1-15(7-4-2-3-6(11)5-7)10(16)8-9(12)17-14-13-8/h2-5H,12H2,1H3. The number of hydrogen-bond donors (Lipinski definition) is 1. The Labute approximate surface area is 101 Å². The molecule has 0 saturated carbocycles. The quantitative estimate of drug-likeness (QED) is 0.879. The zero-order valence-electron chi connectivity index (χ0n) is 8.92. The number of aromatic nitrogens is 2. The molecule has 0 unspecified atom stereocenters. The summed E-state index contributed by atoms with van der Waals surface area (Å²) in [5.41, 5.74) is 6.08. The summed E-state index contributed by atoms with van der Waals surface area (Å²) < 4.78 is 16.6. The predicted molar refractivity (Wildman–Crippen MR) is 63.5 cm³/mol. The second kappa shape index (κ2) is 4.46. The lowest BCUT2D eigenvalue weighted by atomic mass is 10.2. The van der Waals surface area contributed by atoms with Crippen molar-refractivity contribution in [2.75, 3.05) is 17.7 Å². The van der Waals surface area contributed by atoms with E-state index in [0.717, 1.165) is 11.5 Å². The number of rotatable bonds is 2. The number of anilines is 2. The van der Waals surface area contributed by atoms with Crippen LogP contribution in [0.2, 0.25) is 0 Å². The van der Waals surface area contributed by atoms with Crippen molar-refractivity contribution < 1.29 is 9.18 Å². The van der Waals surface area contributed by atoms with E-state index < -0.39 is 11.7 Å². The summed E-state index contributed by atoms with van der Waals surface area (Å²) in [6, 6.07) is 5.71. The van der Waals surface area contributed by atoms with Gasteiger partial charge in [0.25, 0.3) is 5.91 Å². The van der Waals surface area contributed by atoms with E-state index in [1.165, 1.54) is 30.1 Å². The lowest BCUT2D eigenvalue weighted by Gasteiger charge is -2.15. The van der Waals surface area contributed by atoms with Crippen LogP contribution in [-0.2, 0) is 0 Å². The van der Waals surface area contributed by atoms with E-state index in [1.54, 1.807) is 6.07 Å². The van der Waals surface area contributed by atoms with Gasteiger partial charge < -0.3 is 10.6 Å². The highest BCUT2D eigenvalue weighted by molar-refractivity contribution is 7.10. The number of nitrogens with two attached hydrogens (primary N) is 1. The molecule has 2 aromatic rings. The van der Waals surface area contributed by atoms with Crippen LogP contribution in [0.1, 0.15) is 10.5 Å². The molecule has 2 N–H and O–H groups in total. The number of amides is 1. The number of hydrogen-bond acceptors (Lipinski definition) is 5. The Hall–Kier alpha value is -2.02. The highest BCUT2D eigenvalue weighted by Crippen LogP contribution is 2.19. The Balaban J connectivity index is 2.30. The number of nitrogens with zero attached hydrogens (tertiary/aromatic N) is 3. The molecule has 17 heavy (non-hydrogen) atoms. The lowest BCUT2D eigenvalue weighted by Crippen LogP contribution is -2.27. The molecule has 0 aliphatic rings. The SMILES string of the molecule is CN(C(=O)c1nnsc1N)c1cccc(F)c1. The fraction of sp³-hybridized carbons (Fsp3) is 0.100. The van der Waals surface area contributed by atoms with Gasteiger partial charge in [-0.3, -0.25) is 4.79 Å². The van der Waals surface area contributed by atoms with Crippen LogP contribution in [0, 0.1) is 5.82 Å². The van der Waals surface area contributed by atoms with Gasteiger partial charge in [0, 0.05) is 24.3 Å².